The summed E-state index contributed by atoms with van der Waals surface area (Å²) in [4.78, 5) is 21.6. The fourth-order valence-corrected chi connectivity index (χ4v) is 3.76. The Bertz CT molecular complexity index is 431. The maximum absolute atomic E-state index is 11.5. The van der Waals surface area contributed by atoms with Crippen LogP contribution in [0.5, 0.6) is 0 Å². The second-order valence-electron chi connectivity index (χ2n) is 5.78. The van der Waals surface area contributed by atoms with Gasteiger partial charge in [-0.15, -0.1) is 23.2 Å². The van der Waals surface area contributed by atoms with E-state index in [1.807, 2.05) is 13.8 Å². The summed E-state index contributed by atoms with van der Waals surface area (Å²) in [5.41, 5.74) is -0.692. The Labute approximate surface area is 128 Å². The van der Waals surface area contributed by atoms with Gasteiger partial charge < -0.3 is 9.47 Å². The number of imide groups is 1. The fraction of sp³-hybridized carbons (Fsp3) is 0.846. The van der Waals surface area contributed by atoms with Crippen molar-refractivity contribution in [3.05, 3.63) is 0 Å². The van der Waals surface area contributed by atoms with E-state index in [4.69, 9.17) is 32.7 Å². The van der Waals surface area contributed by atoms with Crippen LogP contribution >= 0.6 is 23.2 Å². The van der Waals surface area contributed by atoms with Crippen molar-refractivity contribution < 1.29 is 19.1 Å². The number of amides is 2. The predicted octanol–water partition coefficient (Wildman–Crippen LogP) is 2.78. The first kappa shape index (κ1) is 15.9. The maximum atomic E-state index is 11.5. The molecule has 1 spiro atoms. The summed E-state index contributed by atoms with van der Waals surface area (Å²) in [7, 11) is 0. The van der Waals surface area contributed by atoms with Crippen LogP contribution in [0.15, 0.2) is 0 Å². The van der Waals surface area contributed by atoms with E-state index in [1.165, 1.54) is 6.92 Å². The van der Waals surface area contributed by atoms with E-state index in [9.17, 15) is 9.59 Å². The number of carbonyl (C=O) groups excluding carboxylic acids is 2. The van der Waals surface area contributed by atoms with E-state index in [0.717, 1.165) is 6.42 Å². The van der Waals surface area contributed by atoms with E-state index in [2.05, 4.69) is 5.32 Å². The second kappa shape index (κ2) is 5.35. The van der Waals surface area contributed by atoms with Crippen molar-refractivity contribution in [1.82, 2.24) is 5.32 Å². The van der Waals surface area contributed by atoms with Crippen LogP contribution in [0.3, 0.4) is 0 Å². The van der Waals surface area contributed by atoms with Crippen molar-refractivity contribution >= 4 is 35.2 Å². The van der Waals surface area contributed by atoms with Gasteiger partial charge in [0.2, 0.25) is 12.2 Å². The molecule has 0 radical (unpaired) electrons. The molecule has 2 aliphatic rings. The Morgan fingerprint density at radius 1 is 1.45 bits per heavy atom. The van der Waals surface area contributed by atoms with Crippen LogP contribution in [0, 0.1) is 5.92 Å². The molecule has 0 aromatic heterocycles. The third-order valence-electron chi connectivity index (χ3n) is 4.10. The third kappa shape index (κ3) is 2.63. The molecule has 1 aliphatic heterocycles. The van der Waals surface area contributed by atoms with Gasteiger partial charge >= 0.3 is 6.09 Å². The van der Waals surface area contributed by atoms with Crippen molar-refractivity contribution in [2.24, 2.45) is 5.92 Å². The molecule has 0 aromatic rings. The van der Waals surface area contributed by atoms with Gasteiger partial charge in [-0.05, 0) is 25.2 Å². The Morgan fingerprint density at radius 3 is 2.65 bits per heavy atom. The highest BCUT2D eigenvalue weighted by Crippen LogP contribution is 2.60. The molecule has 0 aromatic carbocycles. The standard InChI is InChI=1S/C13H19Cl2NO4/c1-7(2)12(15)6-9(14)4-5-13(12)10(20-13)19-11(18)16-8(3)17/h7,9-10H,4-6H2,1-3H3,(H,16,17,18)/t9-,10?,12-,13-/m0/s1. The fourth-order valence-electron chi connectivity index (χ4n) is 2.92. The summed E-state index contributed by atoms with van der Waals surface area (Å²) in [6.45, 7) is 5.24. The summed E-state index contributed by atoms with van der Waals surface area (Å²) >= 11 is 13.0. The molecule has 1 aliphatic carbocycles. The summed E-state index contributed by atoms with van der Waals surface area (Å²) in [6.07, 6.45) is 0.473. The lowest BCUT2D eigenvalue weighted by atomic mass is 9.72. The first-order chi connectivity index (χ1) is 9.21. The largest absolute Gasteiger partial charge is 0.416 e. The van der Waals surface area contributed by atoms with Crippen molar-refractivity contribution in [2.75, 3.05) is 0 Å². The highest BCUT2D eigenvalue weighted by atomic mass is 35.5. The van der Waals surface area contributed by atoms with Gasteiger partial charge in [0.25, 0.3) is 0 Å². The molecule has 0 bridgehead atoms. The molecule has 7 heteroatoms. The molecule has 5 nitrogen and oxygen atoms in total. The number of alkyl halides is 2. The van der Waals surface area contributed by atoms with Crippen molar-refractivity contribution in [3.63, 3.8) is 0 Å². The number of halogens is 2. The zero-order valence-corrected chi connectivity index (χ0v) is 13.3. The molecule has 20 heavy (non-hydrogen) atoms. The number of ether oxygens (including phenoxy) is 2. The Hall–Kier alpha value is -0.520. The normalized spacial score (nSPS) is 39.7. The van der Waals surface area contributed by atoms with E-state index in [0.29, 0.717) is 12.8 Å². The van der Waals surface area contributed by atoms with Gasteiger partial charge in [-0.2, -0.15) is 0 Å². The van der Waals surface area contributed by atoms with Gasteiger partial charge in [-0.1, -0.05) is 13.8 Å². The number of epoxide rings is 1. The van der Waals surface area contributed by atoms with Gasteiger partial charge in [0.15, 0.2) is 5.60 Å². The predicted molar refractivity (Wildman–Crippen MR) is 74.8 cm³/mol. The molecule has 114 valence electrons. The summed E-state index contributed by atoms with van der Waals surface area (Å²) in [5, 5.41) is 2.05. The number of alkyl carbamates (subject to hydrolysis) is 1. The quantitative estimate of drug-likeness (QED) is 0.626. The van der Waals surface area contributed by atoms with E-state index in [1.54, 1.807) is 0 Å². The Morgan fingerprint density at radius 2 is 2.10 bits per heavy atom. The summed E-state index contributed by atoms with van der Waals surface area (Å²) in [5.74, 6) is -0.356. The first-order valence-corrected chi connectivity index (χ1v) is 7.52. The highest BCUT2D eigenvalue weighted by Gasteiger charge is 2.73. The molecular formula is C13H19Cl2NO4. The Kier molecular flexibility index (Phi) is 4.24. The summed E-state index contributed by atoms with van der Waals surface area (Å²) < 4.78 is 10.8. The Balaban J connectivity index is 2.07. The van der Waals surface area contributed by atoms with Crippen LogP contribution in [0.4, 0.5) is 4.79 Å². The highest BCUT2D eigenvalue weighted by molar-refractivity contribution is 6.27. The monoisotopic (exact) mass is 323 g/mol. The minimum atomic E-state index is -0.810. The number of rotatable bonds is 2. The average Bonchev–Trinajstić information content (AvgIpc) is 2.98. The van der Waals surface area contributed by atoms with Gasteiger partial charge in [0.1, 0.15) is 0 Å². The van der Waals surface area contributed by atoms with Gasteiger partial charge in [-0.3, -0.25) is 10.1 Å². The number of hydrogen-bond donors (Lipinski definition) is 1. The topological polar surface area (TPSA) is 67.9 Å². The molecular weight excluding hydrogens is 305 g/mol. The molecule has 2 amide bonds. The zero-order chi connectivity index (χ0) is 15.1. The van der Waals surface area contributed by atoms with Crippen molar-refractivity contribution in [2.45, 2.75) is 62.2 Å². The molecule has 1 heterocycles. The first-order valence-electron chi connectivity index (χ1n) is 6.70. The van der Waals surface area contributed by atoms with E-state index < -0.39 is 28.8 Å². The van der Waals surface area contributed by atoms with Crippen LogP contribution in [0.2, 0.25) is 0 Å². The van der Waals surface area contributed by atoms with Crippen LogP contribution in [0.25, 0.3) is 0 Å². The molecule has 4 atom stereocenters. The molecule has 1 saturated carbocycles. The molecule has 2 fully saturated rings. The average molecular weight is 324 g/mol. The summed E-state index contributed by atoms with van der Waals surface area (Å²) in [6, 6.07) is 0. The molecule has 2 rings (SSSR count). The molecule has 1 N–H and O–H groups in total. The van der Waals surface area contributed by atoms with Crippen molar-refractivity contribution in [3.8, 4) is 0 Å². The maximum Gasteiger partial charge on any atom is 0.416 e. The number of hydrogen-bond acceptors (Lipinski definition) is 4. The lowest BCUT2D eigenvalue weighted by Gasteiger charge is -2.42. The lowest BCUT2D eigenvalue weighted by molar-refractivity contribution is -0.118. The van der Waals surface area contributed by atoms with Gasteiger partial charge in [0.05, 0.1) is 4.87 Å². The van der Waals surface area contributed by atoms with Gasteiger partial charge in [-0.25, -0.2) is 4.79 Å². The van der Waals surface area contributed by atoms with Crippen LogP contribution in [0.1, 0.15) is 40.0 Å². The smallest absolute Gasteiger partial charge is 0.416 e. The number of carbonyl (C=O) groups is 2. The molecule has 1 saturated heterocycles. The SMILES string of the molecule is CC(=O)NC(=O)OC1O[C@@]12CC[C@H](Cl)C[C@]2(Cl)C(C)C. The lowest BCUT2D eigenvalue weighted by Crippen LogP contribution is -2.52. The van der Waals surface area contributed by atoms with Crippen LogP contribution in [-0.4, -0.2) is 34.1 Å². The van der Waals surface area contributed by atoms with Gasteiger partial charge in [0, 0.05) is 12.3 Å². The minimum absolute atomic E-state index is 0.00331. The van der Waals surface area contributed by atoms with E-state index in [-0.39, 0.29) is 11.3 Å². The second-order valence-corrected chi connectivity index (χ2v) is 7.07. The van der Waals surface area contributed by atoms with Crippen molar-refractivity contribution in [1.29, 1.82) is 0 Å². The number of nitrogens with one attached hydrogen (secondary N) is 1. The van der Waals surface area contributed by atoms with Crippen LogP contribution < -0.4 is 5.32 Å². The molecule has 1 unspecified atom stereocenters. The van der Waals surface area contributed by atoms with E-state index >= 15 is 0 Å². The van der Waals surface area contributed by atoms with Crippen LogP contribution in [-0.2, 0) is 14.3 Å². The minimum Gasteiger partial charge on any atom is -0.416 e. The third-order valence-corrected chi connectivity index (χ3v) is 5.38. The zero-order valence-electron chi connectivity index (χ0n) is 11.7.